The van der Waals surface area contributed by atoms with Crippen molar-refractivity contribution in [3.05, 3.63) is 71.4 Å². The number of aryl methyl sites for hydroxylation is 1. The Morgan fingerprint density at radius 1 is 1.15 bits per heavy atom. The van der Waals surface area contributed by atoms with Gasteiger partial charge in [-0.3, -0.25) is 9.78 Å². The number of fused-ring (bicyclic) bond motifs is 1. The van der Waals surface area contributed by atoms with Gasteiger partial charge < -0.3 is 14.8 Å². The predicted octanol–water partition coefficient (Wildman–Crippen LogP) is 4.62. The molecule has 0 aliphatic carbocycles. The fourth-order valence-corrected chi connectivity index (χ4v) is 4.30. The first-order valence-electron chi connectivity index (χ1n) is 11.4. The highest BCUT2D eigenvalue weighted by Gasteiger charge is 2.52. The lowest BCUT2D eigenvalue weighted by molar-refractivity contribution is -0.126. The van der Waals surface area contributed by atoms with Gasteiger partial charge in [0.1, 0.15) is 18.0 Å². The van der Waals surface area contributed by atoms with Gasteiger partial charge >= 0.3 is 6.09 Å². The monoisotopic (exact) mass is 460 g/mol. The Kier molecular flexibility index (Phi) is 6.21. The molecule has 2 heterocycles. The van der Waals surface area contributed by atoms with Crippen LogP contribution in [-0.2, 0) is 21.7 Å². The van der Waals surface area contributed by atoms with Crippen LogP contribution in [0, 0.1) is 12.8 Å². The summed E-state index contributed by atoms with van der Waals surface area (Å²) in [7, 11) is 0. The molecule has 1 aromatic heterocycles. The summed E-state index contributed by atoms with van der Waals surface area (Å²) < 4.78 is 11.5. The smallest absolute Gasteiger partial charge is 0.408 e. The van der Waals surface area contributed by atoms with E-state index in [1.54, 1.807) is 32.9 Å². The van der Waals surface area contributed by atoms with E-state index in [9.17, 15) is 9.59 Å². The molecular weight excluding hydrogens is 430 g/mol. The largest absolute Gasteiger partial charge is 0.489 e. The average Bonchev–Trinajstić information content (AvgIpc) is 3.05. The highest BCUT2D eigenvalue weighted by molar-refractivity contribution is 5.93. The third-order valence-corrected chi connectivity index (χ3v) is 5.92. The first-order valence-corrected chi connectivity index (χ1v) is 11.4. The van der Waals surface area contributed by atoms with Gasteiger partial charge in [-0.15, -0.1) is 0 Å². The van der Waals surface area contributed by atoms with Gasteiger partial charge in [0.2, 0.25) is 0 Å². The highest BCUT2D eigenvalue weighted by Crippen LogP contribution is 2.36. The van der Waals surface area contributed by atoms with Gasteiger partial charge in [0.05, 0.1) is 5.52 Å². The molecule has 2 amide bonds. The van der Waals surface area contributed by atoms with Crippen molar-refractivity contribution in [2.45, 2.75) is 52.4 Å². The van der Waals surface area contributed by atoms with E-state index in [0.717, 1.165) is 22.2 Å². The van der Waals surface area contributed by atoms with Gasteiger partial charge in [-0.1, -0.05) is 37.3 Å². The topological polar surface area (TPSA) is 91.6 Å². The maximum Gasteiger partial charge on any atom is 0.408 e. The number of alkyl carbamates (subject to hydrolysis) is 1. The number of amides is 2. The average molecular weight is 461 g/mol. The zero-order valence-electron chi connectivity index (χ0n) is 20.2. The number of carbonyl (C=O) groups is 2. The van der Waals surface area contributed by atoms with Crippen molar-refractivity contribution in [1.82, 2.24) is 15.6 Å². The number of benzene rings is 2. The molecule has 0 bridgehead atoms. The molecular formula is C27H30N3O4. The van der Waals surface area contributed by atoms with Crippen molar-refractivity contribution in [2.75, 3.05) is 6.54 Å². The molecule has 34 heavy (non-hydrogen) atoms. The van der Waals surface area contributed by atoms with E-state index in [1.807, 2.05) is 56.3 Å². The first kappa shape index (κ1) is 23.5. The number of hydrogen-bond donors (Lipinski definition) is 1. The van der Waals surface area contributed by atoms with Crippen LogP contribution < -0.4 is 15.4 Å². The second-order valence-corrected chi connectivity index (χ2v) is 9.73. The van der Waals surface area contributed by atoms with Crippen LogP contribution in [0.1, 0.15) is 44.5 Å². The number of nitrogens with one attached hydrogen (secondary N) is 1. The zero-order valence-corrected chi connectivity index (χ0v) is 20.2. The van der Waals surface area contributed by atoms with E-state index in [4.69, 9.17) is 9.47 Å². The second kappa shape index (κ2) is 8.97. The summed E-state index contributed by atoms with van der Waals surface area (Å²) in [6, 6.07) is 17.2. The number of para-hydroxylation sites is 1. The van der Waals surface area contributed by atoms with Crippen LogP contribution in [0.3, 0.4) is 0 Å². The van der Waals surface area contributed by atoms with E-state index in [2.05, 4.69) is 15.6 Å². The minimum atomic E-state index is -1.26. The van der Waals surface area contributed by atoms with Crippen molar-refractivity contribution in [1.29, 1.82) is 0 Å². The highest BCUT2D eigenvalue weighted by atomic mass is 16.6. The van der Waals surface area contributed by atoms with Crippen LogP contribution >= 0.6 is 0 Å². The molecule has 0 saturated carbocycles. The molecule has 0 spiro atoms. The van der Waals surface area contributed by atoms with Crippen LogP contribution in [0.25, 0.3) is 10.9 Å². The summed E-state index contributed by atoms with van der Waals surface area (Å²) in [5.74, 6) is 0.0634. The quantitative estimate of drug-likeness (QED) is 0.600. The Balaban J connectivity index is 1.56. The van der Waals surface area contributed by atoms with Gasteiger partial charge in [-0.25, -0.2) is 10.1 Å². The van der Waals surface area contributed by atoms with Gasteiger partial charge in [0.25, 0.3) is 5.91 Å². The maximum atomic E-state index is 12.9. The number of aromatic nitrogens is 1. The van der Waals surface area contributed by atoms with Crippen LogP contribution in [-0.4, -0.2) is 29.1 Å². The fourth-order valence-electron chi connectivity index (χ4n) is 4.30. The van der Waals surface area contributed by atoms with Crippen LogP contribution in [0.4, 0.5) is 4.79 Å². The van der Waals surface area contributed by atoms with Crippen LogP contribution in [0.5, 0.6) is 5.75 Å². The van der Waals surface area contributed by atoms with E-state index in [1.165, 1.54) is 0 Å². The fraction of sp³-hybridized carbons (Fsp3) is 0.370. The lowest BCUT2D eigenvalue weighted by Crippen LogP contribution is -2.54. The minimum Gasteiger partial charge on any atom is -0.489 e. The standard InChI is InChI=1S/C27H30N3O4/c1-17-15-28-24(31)27(17,30-25(32)34-26(3,4)5)20-10-12-21(13-11-20)33-16-19-14-18(2)29-23-9-7-6-8-22(19)23/h6-14,17H,15-16H2,1-5H3,(H,30,32). The van der Waals surface area contributed by atoms with Crippen LogP contribution in [0.2, 0.25) is 0 Å². The predicted molar refractivity (Wildman–Crippen MR) is 129 cm³/mol. The third kappa shape index (κ3) is 4.69. The van der Waals surface area contributed by atoms with E-state index in [0.29, 0.717) is 24.5 Å². The normalized spacial score (nSPS) is 20.1. The Morgan fingerprint density at radius 2 is 1.85 bits per heavy atom. The molecule has 7 heteroatoms. The Morgan fingerprint density at radius 3 is 2.50 bits per heavy atom. The SMILES string of the molecule is Cc1cc(COc2ccc(C3(NC(=O)OC(C)(C)C)C(=O)[N]CC3C)cc2)c2ccccc2n1. The molecule has 2 atom stereocenters. The molecule has 1 saturated heterocycles. The molecule has 2 unspecified atom stereocenters. The molecule has 7 nitrogen and oxygen atoms in total. The Labute approximate surface area is 199 Å². The molecule has 1 N–H and O–H groups in total. The van der Waals surface area contributed by atoms with Crippen molar-refractivity contribution < 1.29 is 19.1 Å². The molecule has 1 aliphatic rings. The Bertz CT molecular complexity index is 1220. The summed E-state index contributed by atoms with van der Waals surface area (Å²) in [5, 5.41) is 7.96. The van der Waals surface area contributed by atoms with Gasteiger partial charge in [-0.2, -0.15) is 0 Å². The molecule has 1 radical (unpaired) electrons. The second-order valence-electron chi connectivity index (χ2n) is 9.73. The molecule has 1 fully saturated rings. The molecule has 3 aromatic rings. The summed E-state index contributed by atoms with van der Waals surface area (Å²) in [4.78, 5) is 30.0. The Hall–Kier alpha value is -3.61. The maximum absolute atomic E-state index is 12.9. The molecule has 4 rings (SSSR count). The number of carbonyl (C=O) groups excluding carboxylic acids is 2. The number of ether oxygens (including phenoxy) is 2. The van der Waals surface area contributed by atoms with Crippen molar-refractivity contribution >= 4 is 22.9 Å². The van der Waals surface area contributed by atoms with E-state index < -0.39 is 17.2 Å². The zero-order chi connectivity index (χ0) is 24.5. The summed E-state index contributed by atoms with van der Waals surface area (Å²) in [5.41, 5.74) is 1.62. The summed E-state index contributed by atoms with van der Waals surface area (Å²) >= 11 is 0. The van der Waals surface area contributed by atoms with Crippen molar-refractivity contribution in [3.63, 3.8) is 0 Å². The molecule has 177 valence electrons. The number of hydrogen-bond acceptors (Lipinski definition) is 5. The third-order valence-electron chi connectivity index (χ3n) is 5.92. The minimum absolute atomic E-state index is 0.217. The van der Waals surface area contributed by atoms with Crippen molar-refractivity contribution in [3.8, 4) is 5.75 Å². The number of rotatable bonds is 5. The summed E-state index contributed by atoms with van der Waals surface area (Å²) in [6.45, 7) is 9.92. The molecule has 2 aromatic carbocycles. The van der Waals surface area contributed by atoms with E-state index >= 15 is 0 Å². The number of pyridine rings is 1. The lowest BCUT2D eigenvalue weighted by atomic mass is 9.81. The van der Waals surface area contributed by atoms with E-state index in [-0.39, 0.29) is 11.8 Å². The van der Waals surface area contributed by atoms with Crippen molar-refractivity contribution in [2.24, 2.45) is 5.92 Å². The van der Waals surface area contributed by atoms with Gasteiger partial charge in [0, 0.05) is 29.1 Å². The lowest BCUT2D eigenvalue weighted by Gasteiger charge is -2.33. The molecule has 1 aliphatic heterocycles. The van der Waals surface area contributed by atoms with Crippen LogP contribution in [0.15, 0.2) is 54.6 Å². The number of nitrogens with zero attached hydrogens (tertiary/aromatic N) is 2. The van der Waals surface area contributed by atoms with Gasteiger partial charge in [-0.05, 0) is 57.5 Å². The summed E-state index contributed by atoms with van der Waals surface area (Å²) in [6.07, 6.45) is -0.648. The first-order chi connectivity index (χ1) is 16.1. The van der Waals surface area contributed by atoms with Gasteiger partial charge in [0.15, 0.2) is 5.54 Å².